The molecule has 3 heteroatoms. The molecule has 2 rings (SSSR count). The van der Waals surface area contributed by atoms with E-state index in [0.717, 1.165) is 6.42 Å². The molecule has 1 nitrogen and oxygen atoms in total. The molecule has 1 atom stereocenters. The summed E-state index contributed by atoms with van der Waals surface area (Å²) in [7, 11) is -1.59. The number of fused-ring (bicyclic) bond motifs is 1. The van der Waals surface area contributed by atoms with E-state index in [1.807, 2.05) is 11.3 Å². The van der Waals surface area contributed by atoms with Crippen LogP contribution in [0.3, 0.4) is 0 Å². The second-order valence-corrected chi connectivity index (χ2v) is 12.4. The molecule has 1 aliphatic carbocycles. The molecule has 0 amide bonds. The summed E-state index contributed by atoms with van der Waals surface area (Å²) in [6.07, 6.45) is 4.01. The fraction of sp³-hybridized carbons (Fsp3) is 0.714. The molecule has 0 saturated heterocycles. The minimum absolute atomic E-state index is 0.322. The van der Waals surface area contributed by atoms with Crippen molar-refractivity contribution in [2.45, 2.75) is 64.3 Å². The second kappa shape index (κ2) is 4.52. The van der Waals surface area contributed by atoms with E-state index < -0.39 is 8.32 Å². The molecule has 1 aromatic heterocycles. The molecule has 0 aliphatic heterocycles. The molecule has 0 fully saturated rings. The number of aryl methyl sites for hydroxylation is 1. The highest BCUT2D eigenvalue weighted by Crippen LogP contribution is 2.39. The van der Waals surface area contributed by atoms with Crippen molar-refractivity contribution in [3.05, 3.63) is 21.9 Å². The molecular formula is C14H24OSSi. The third kappa shape index (κ3) is 2.83. The Morgan fingerprint density at radius 3 is 2.71 bits per heavy atom. The Labute approximate surface area is 110 Å². The Balaban J connectivity index is 2.03. The van der Waals surface area contributed by atoms with E-state index in [0.29, 0.717) is 11.1 Å². The lowest BCUT2D eigenvalue weighted by Gasteiger charge is -2.40. The Hall–Kier alpha value is -0.123. The zero-order valence-electron chi connectivity index (χ0n) is 11.7. The van der Waals surface area contributed by atoms with E-state index in [4.69, 9.17) is 4.43 Å². The van der Waals surface area contributed by atoms with Gasteiger partial charge in [-0.2, -0.15) is 0 Å². The zero-order valence-corrected chi connectivity index (χ0v) is 13.5. The van der Waals surface area contributed by atoms with E-state index in [1.165, 1.54) is 12.8 Å². The van der Waals surface area contributed by atoms with Gasteiger partial charge in [-0.1, -0.05) is 20.8 Å². The van der Waals surface area contributed by atoms with Crippen molar-refractivity contribution in [3.63, 3.8) is 0 Å². The molecule has 0 bridgehead atoms. The summed E-state index contributed by atoms with van der Waals surface area (Å²) in [6, 6.07) is 2.28. The lowest BCUT2D eigenvalue weighted by Crippen LogP contribution is -2.45. The Morgan fingerprint density at radius 1 is 1.35 bits per heavy atom. The van der Waals surface area contributed by atoms with Crippen LogP contribution in [-0.4, -0.2) is 14.4 Å². The van der Waals surface area contributed by atoms with Crippen molar-refractivity contribution in [1.82, 2.24) is 0 Å². The quantitative estimate of drug-likeness (QED) is 0.711. The van der Waals surface area contributed by atoms with E-state index in [2.05, 4.69) is 45.3 Å². The molecule has 0 radical (unpaired) electrons. The van der Waals surface area contributed by atoms with Crippen LogP contribution in [0.15, 0.2) is 11.4 Å². The maximum Gasteiger partial charge on any atom is 0.192 e. The Kier molecular flexibility index (Phi) is 3.54. The number of hydrogen-bond acceptors (Lipinski definition) is 2. The van der Waals surface area contributed by atoms with Crippen LogP contribution in [0, 0.1) is 0 Å². The van der Waals surface area contributed by atoms with Gasteiger partial charge < -0.3 is 4.43 Å². The summed E-state index contributed by atoms with van der Waals surface area (Å²) < 4.78 is 6.52. The number of rotatable bonds is 2. The van der Waals surface area contributed by atoms with Gasteiger partial charge in [-0.25, -0.2) is 0 Å². The van der Waals surface area contributed by atoms with E-state index in [-0.39, 0.29) is 0 Å². The van der Waals surface area contributed by atoms with Crippen molar-refractivity contribution in [3.8, 4) is 0 Å². The van der Waals surface area contributed by atoms with Gasteiger partial charge in [0.15, 0.2) is 8.32 Å². The summed E-state index contributed by atoms with van der Waals surface area (Å²) in [5, 5.41) is 2.54. The van der Waals surface area contributed by atoms with Crippen molar-refractivity contribution in [1.29, 1.82) is 0 Å². The fourth-order valence-corrected chi connectivity index (χ4v) is 4.48. The van der Waals surface area contributed by atoms with Crippen LogP contribution < -0.4 is 0 Å². The first-order valence-electron chi connectivity index (χ1n) is 6.53. The maximum absolute atomic E-state index is 6.52. The predicted octanol–water partition coefficient (Wildman–Crippen LogP) is 4.63. The molecule has 0 aromatic carbocycles. The van der Waals surface area contributed by atoms with Crippen LogP contribution in [0.5, 0.6) is 0 Å². The highest BCUT2D eigenvalue weighted by Gasteiger charge is 2.39. The van der Waals surface area contributed by atoms with Crippen LogP contribution >= 0.6 is 11.3 Å². The van der Waals surface area contributed by atoms with Crippen LogP contribution in [-0.2, 0) is 17.3 Å². The summed E-state index contributed by atoms with van der Waals surface area (Å²) in [4.78, 5) is 1.56. The molecule has 96 valence electrons. The second-order valence-electron chi connectivity index (χ2n) is 6.61. The van der Waals surface area contributed by atoms with Gasteiger partial charge in [0, 0.05) is 11.3 Å². The molecule has 1 heterocycles. The zero-order chi connectivity index (χ0) is 12.7. The average molecular weight is 268 g/mol. The molecule has 1 aromatic rings. The van der Waals surface area contributed by atoms with Crippen molar-refractivity contribution >= 4 is 19.7 Å². The summed E-state index contributed by atoms with van der Waals surface area (Å²) in [6.45, 7) is 11.7. The molecule has 17 heavy (non-hydrogen) atoms. The minimum Gasteiger partial charge on any atom is -0.414 e. The van der Waals surface area contributed by atoms with Crippen LogP contribution in [0.2, 0.25) is 18.1 Å². The first-order valence-corrected chi connectivity index (χ1v) is 10.3. The Bertz CT molecular complexity index is 389. The highest BCUT2D eigenvalue weighted by atomic mass is 32.1. The van der Waals surface area contributed by atoms with Crippen LogP contribution in [0.4, 0.5) is 0 Å². The Morgan fingerprint density at radius 2 is 2.06 bits per heavy atom. The van der Waals surface area contributed by atoms with Gasteiger partial charge in [-0.3, -0.25) is 0 Å². The first-order chi connectivity index (χ1) is 7.79. The molecule has 1 aliphatic rings. The predicted molar refractivity (Wildman–Crippen MR) is 78.4 cm³/mol. The SMILES string of the molecule is CC(C)(C)[Si](C)(C)OC1CCc2ccsc2C1. The minimum atomic E-state index is -1.59. The largest absolute Gasteiger partial charge is 0.414 e. The van der Waals surface area contributed by atoms with Gasteiger partial charge in [-0.15, -0.1) is 11.3 Å². The van der Waals surface area contributed by atoms with Gasteiger partial charge in [0.25, 0.3) is 0 Å². The molecule has 0 saturated carbocycles. The standard InChI is InChI=1S/C14H24OSSi/c1-14(2,3)17(4,5)15-12-7-6-11-8-9-16-13(11)10-12/h8-9,12H,6-7,10H2,1-5H3. The van der Waals surface area contributed by atoms with Crippen molar-refractivity contribution < 1.29 is 4.43 Å². The van der Waals surface area contributed by atoms with Gasteiger partial charge in [0.05, 0.1) is 6.10 Å². The summed E-state index contributed by atoms with van der Waals surface area (Å²) in [5.74, 6) is 0. The topological polar surface area (TPSA) is 9.23 Å². The fourth-order valence-electron chi connectivity index (χ4n) is 2.09. The maximum atomic E-state index is 6.52. The van der Waals surface area contributed by atoms with E-state index in [9.17, 15) is 0 Å². The molecular weight excluding hydrogens is 244 g/mol. The van der Waals surface area contributed by atoms with Crippen LogP contribution in [0.1, 0.15) is 37.6 Å². The first kappa shape index (κ1) is 13.3. The van der Waals surface area contributed by atoms with E-state index >= 15 is 0 Å². The third-order valence-electron chi connectivity index (χ3n) is 4.25. The third-order valence-corrected chi connectivity index (χ3v) is 9.77. The number of hydrogen-bond donors (Lipinski definition) is 0. The highest BCUT2D eigenvalue weighted by molar-refractivity contribution is 7.10. The van der Waals surface area contributed by atoms with Crippen LogP contribution in [0.25, 0.3) is 0 Å². The monoisotopic (exact) mass is 268 g/mol. The van der Waals surface area contributed by atoms with Crippen molar-refractivity contribution in [2.75, 3.05) is 0 Å². The summed E-state index contributed by atoms with van der Waals surface area (Å²) in [5.41, 5.74) is 1.56. The normalized spacial score (nSPS) is 21.4. The molecule has 0 spiro atoms. The summed E-state index contributed by atoms with van der Waals surface area (Å²) >= 11 is 1.90. The lowest BCUT2D eigenvalue weighted by molar-refractivity contribution is 0.166. The van der Waals surface area contributed by atoms with Crippen molar-refractivity contribution in [2.24, 2.45) is 0 Å². The average Bonchev–Trinajstić information content (AvgIpc) is 2.62. The molecule has 0 N–H and O–H groups in total. The van der Waals surface area contributed by atoms with E-state index in [1.54, 1.807) is 10.4 Å². The molecule has 1 unspecified atom stereocenters. The van der Waals surface area contributed by atoms with Gasteiger partial charge in [-0.05, 0) is 48.0 Å². The smallest absolute Gasteiger partial charge is 0.192 e. The lowest BCUT2D eigenvalue weighted by atomic mass is 9.97. The van der Waals surface area contributed by atoms with Gasteiger partial charge in [0.2, 0.25) is 0 Å². The van der Waals surface area contributed by atoms with Gasteiger partial charge >= 0.3 is 0 Å². The number of thiophene rings is 1. The van der Waals surface area contributed by atoms with Gasteiger partial charge in [0.1, 0.15) is 0 Å².